The third kappa shape index (κ3) is 5.27. The van der Waals surface area contributed by atoms with Crippen LogP contribution in [0.25, 0.3) is 0 Å². The molecule has 3 atom stereocenters. The Bertz CT molecular complexity index is 1080. The van der Waals surface area contributed by atoms with Crippen molar-refractivity contribution < 1.29 is 28.7 Å². The number of ether oxygens (including phenoxy) is 2. The van der Waals surface area contributed by atoms with Crippen molar-refractivity contribution in [2.75, 3.05) is 32.9 Å². The van der Waals surface area contributed by atoms with E-state index in [2.05, 4.69) is 5.32 Å². The number of carbonyl (C=O) groups excluding carboxylic acids is 4. The van der Waals surface area contributed by atoms with E-state index in [0.29, 0.717) is 37.6 Å². The average Bonchev–Trinajstić information content (AvgIpc) is 3.17. The largest absolute Gasteiger partial charge is 0.484 e. The number of hydrogen-bond donors (Lipinski definition) is 2. The molecule has 0 spiro atoms. The minimum absolute atomic E-state index is 0.107. The standard InChI is InChI=1S/C25H28N4O6/c1-16(17-5-3-2-4-6-17)22(23(26)31)29-24(32)21(27-25(29)33)18-7-9-19(10-8-18)35-15-20(30)28-11-13-34-14-12-28/h2-10,16,21-22H,11-15H2,1H3,(H2,26,31)(H,27,33)/t16?,21-,22?/m1/s1. The maximum Gasteiger partial charge on any atom is 0.325 e. The highest BCUT2D eigenvalue weighted by Crippen LogP contribution is 2.30. The number of urea groups is 1. The van der Waals surface area contributed by atoms with Crippen LogP contribution in [0.15, 0.2) is 54.6 Å². The number of morpholine rings is 1. The summed E-state index contributed by atoms with van der Waals surface area (Å²) in [5.41, 5.74) is 6.93. The van der Waals surface area contributed by atoms with Crippen molar-refractivity contribution in [1.82, 2.24) is 15.1 Å². The highest BCUT2D eigenvalue weighted by Gasteiger charge is 2.46. The third-order valence-electron chi connectivity index (χ3n) is 6.28. The zero-order valence-corrected chi connectivity index (χ0v) is 19.4. The highest BCUT2D eigenvalue weighted by molar-refractivity contribution is 6.08. The van der Waals surface area contributed by atoms with E-state index in [1.807, 2.05) is 30.3 Å². The van der Waals surface area contributed by atoms with E-state index >= 15 is 0 Å². The molecular weight excluding hydrogens is 452 g/mol. The SMILES string of the molecule is CC(c1ccccc1)C(C(N)=O)N1C(=O)N[C@H](c2ccc(OCC(=O)N3CCOCC3)cc2)C1=O. The van der Waals surface area contributed by atoms with Crippen LogP contribution in [-0.4, -0.2) is 72.5 Å². The fourth-order valence-electron chi connectivity index (χ4n) is 4.32. The van der Waals surface area contributed by atoms with E-state index in [0.717, 1.165) is 10.5 Å². The van der Waals surface area contributed by atoms with Crippen molar-refractivity contribution in [3.8, 4) is 5.75 Å². The quantitative estimate of drug-likeness (QED) is 0.546. The number of nitrogens with zero attached hydrogens (tertiary/aromatic N) is 2. The molecule has 3 N–H and O–H groups in total. The van der Waals surface area contributed by atoms with E-state index in [1.54, 1.807) is 36.1 Å². The number of nitrogens with two attached hydrogens (primary N) is 1. The highest BCUT2D eigenvalue weighted by atomic mass is 16.5. The van der Waals surface area contributed by atoms with Gasteiger partial charge >= 0.3 is 6.03 Å². The number of hydrogen-bond acceptors (Lipinski definition) is 6. The van der Waals surface area contributed by atoms with Gasteiger partial charge in [-0.1, -0.05) is 49.4 Å². The minimum Gasteiger partial charge on any atom is -0.484 e. The molecule has 2 fully saturated rings. The van der Waals surface area contributed by atoms with Crippen LogP contribution in [-0.2, 0) is 19.1 Å². The average molecular weight is 481 g/mol. The Balaban J connectivity index is 1.43. The summed E-state index contributed by atoms with van der Waals surface area (Å²) >= 11 is 0. The molecule has 0 bridgehead atoms. The fourth-order valence-corrected chi connectivity index (χ4v) is 4.32. The molecule has 2 aromatic rings. The van der Waals surface area contributed by atoms with Crippen molar-refractivity contribution in [3.63, 3.8) is 0 Å². The predicted octanol–water partition coefficient (Wildman–Crippen LogP) is 1.17. The molecule has 0 aliphatic carbocycles. The van der Waals surface area contributed by atoms with Crippen molar-refractivity contribution in [3.05, 3.63) is 65.7 Å². The number of benzene rings is 2. The molecular formula is C25H28N4O6. The van der Waals surface area contributed by atoms with E-state index in [4.69, 9.17) is 15.2 Å². The van der Waals surface area contributed by atoms with Gasteiger partial charge in [0.05, 0.1) is 13.2 Å². The lowest BCUT2D eigenvalue weighted by Crippen LogP contribution is -2.51. The zero-order chi connectivity index (χ0) is 24.9. The summed E-state index contributed by atoms with van der Waals surface area (Å²) in [6.45, 7) is 3.75. The third-order valence-corrected chi connectivity index (χ3v) is 6.28. The monoisotopic (exact) mass is 480 g/mol. The molecule has 5 amide bonds. The lowest BCUT2D eigenvalue weighted by Gasteiger charge is -2.28. The van der Waals surface area contributed by atoms with Gasteiger partial charge in [0.15, 0.2) is 6.61 Å². The van der Waals surface area contributed by atoms with E-state index in [-0.39, 0.29) is 12.5 Å². The van der Waals surface area contributed by atoms with Crippen LogP contribution >= 0.6 is 0 Å². The van der Waals surface area contributed by atoms with Crippen LogP contribution < -0.4 is 15.8 Å². The molecule has 10 nitrogen and oxygen atoms in total. The minimum atomic E-state index is -1.14. The van der Waals surface area contributed by atoms with E-state index in [1.165, 1.54) is 0 Å². The van der Waals surface area contributed by atoms with E-state index in [9.17, 15) is 19.2 Å². The van der Waals surface area contributed by atoms with Gasteiger partial charge in [0.1, 0.15) is 17.8 Å². The van der Waals surface area contributed by atoms with Gasteiger partial charge in [-0.2, -0.15) is 0 Å². The Kier molecular flexibility index (Phi) is 7.31. The number of imide groups is 1. The van der Waals surface area contributed by atoms with Gasteiger partial charge in [-0.15, -0.1) is 0 Å². The number of primary amides is 1. The van der Waals surface area contributed by atoms with Gasteiger partial charge in [-0.05, 0) is 23.3 Å². The summed E-state index contributed by atoms with van der Waals surface area (Å²) in [5, 5.41) is 2.64. The Labute approximate surface area is 203 Å². The number of amides is 5. The normalized spacial score (nSPS) is 19.7. The van der Waals surface area contributed by atoms with Gasteiger partial charge in [-0.3, -0.25) is 14.4 Å². The molecule has 184 valence electrons. The number of carbonyl (C=O) groups is 4. The molecule has 2 unspecified atom stereocenters. The van der Waals surface area contributed by atoms with E-state index < -0.39 is 35.8 Å². The fraction of sp³-hybridized carbons (Fsp3) is 0.360. The van der Waals surface area contributed by atoms with Crippen LogP contribution in [0.1, 0.15) is 30.0 Å². The molecule has 4 rings (SSSR count). The second-order valence-corrected chi connectivity index (χ2v) is 8.49. The number of rotatable bonds is 8. The van der Waals surface area contributed by atoms with Gasteiger partial charge in [0, 0.05) is 19.0 Å². The summed E-state index contributed by atoms with van der Waals surface area (Å²) in [5.74, 6) is -1.48. The summed E-state index contributed by atoms with van der Waals surface area (Å²) in [6, 6.07) is 12.9. The van der Waals surface area contributed by atoms with Crippen LogP contribution in [0.3, 0.4) is 0 Å². The van der Waals surface area contributed by atoms with Crippen LogP contribution in [0, 0.1) is 0 Å². The van der Waals surface area contributed by atoms with Crippen molar-refractivity contribution in [2.45, 2.75) is 24.9 Å². The van der Waals surface area contributed by atoms with Gasteiger partial charge in [-0.25, -0.2) is 9.69 Å². The Morgan fingerprint density at radius 1 is 1.09 bits per heavy atom. The molecule has 35 heavy (non-hydrogen) atoms. The molecule has 2 aliphatic rings. The second kappa shape index (κ2) is 10.6. The molecule has 2 saturated heterocycles. The first-order valence-electron chi connectivity index (χ1n) is 11.4. The summed E-state index contributed by atoms with van der Waals surface area (Å²) in [4.78, 5) is 53.1. The molecule has 2 heterocycles. The van der Waals surface area contributed by atoms with Crippen LogP contribution in [0.2, 0.25) is 0 Å². The maximum absolute atomic E-state index is 13.2. The van der Waals surface area contributed by atoms with Crippen LogP contribution in [0.4, 0.5) is 4.79 Å². The molecule has 0 saturated carbocycles. The zero-order valence-electron chi connectivity index (χ0n) is 19.4. The first-order valence-corrected chi connectivity index (χ1v) is 11.4. The lowest BCUT2D eigenvalue weighted by atomic mass is 9.91. The molecule has 2 aliphatic heterocycles. The molecule has 2 aromatic carbocycles. The van der Waals surface area contributed by atoms with Crippen molar-refractivity contribution in [2.24, 2.45) is 5.73 Å². The lowest BCUT2D eigenvalue weighted by molar-refractivity contribution is -0.137. The van der Waals surface area contributed by atoms with Gasteiger partial charge in [0.25, 0.3) is 11.8 Å². The summed E-state index contributed by atoms with van der Waals surface area (Å²) in [7, 11) is 0. The van der Waals surface area contributed by atoms with Gasteiger partial charge < -0.3 is 25.4 Å². The molecule has 10 heteroatoms. The Morgan fingerprint density at radius 2 is 1.74 bits per heavy atom. The first-order chi connectivity index (χ1) is 16.9. The maximum atomic E-state index is 13.2. The summed E-state index contributed by atoms with van der Waals surface area (Å²) in [6.07, 6.45) is 0. The van der Waals surface area contributed by atoms with Crippen LogP contribution in [0.5, 0.6) is 5.75 Å². The van der Waals surface area contributed by atoms with Gasteiger partial charge in [0.2, 0.25) is 5.91 Å². The smallest absolute Gasteiger partial charge is 0.325 e. The first kappa shape index (κ1) is 24.2. The van der Waals surface area contributed by atoms with Crippen molar-refractivity contribution in [1.29, 1.82) is 0 Å². The second-order valence-electron chi connectivity index (χ2n) is 8.49. The topological polar surface area (TPSA) is 131 Å². The molecule has 0 aromatic heterocycles. The number of nitrogens with one attached hydrogen (secondary N) is 1. The van der Waals surface area contributed by atoms with Crippen molar-refractivity contribution >= 4 is 23.8 Å². The molecule has 0 radical (unpaired) electrons. The Morgan fingerprint density at radius 3 is 2.37 bits per heavy atom. The Hall–Kier alpha value is -3.92. The predicted molar refractivity (Wildman–Crippen MR) is 125 cm³/mol. The summed E-state index contributed by atoms with van der Waals surface area (Å²) < 4.78 is 10.8.